The van der Waals surface area contributed by atoms with Crippen LogP contribution < -0.4 is 4.90 Å². The Morgan fingerprint density at radius 3 is 2.32 bits per heavy atom. The molecule has 0 bridgehead atoms. The number of hydrogen-bond acceptors (Lipinski definition) is 3. The highest BCUT2D eigenvalue weighted by Gasteiger charge is 2.35. The molecule has 1 atom stereocenters. The van der Waals surface area contributed by atoms with E-state index in [1.165, 1.54) is 22.5 Å². The fourth-order valence-corrected chi connectivity index (χ4v) is 4.77. The molecule has 1 unspecified atom stereocenters. The molecule has 2 amide bonds. The summed E-state index contributed by atoms with van der Waals surface area (Å²) in [6, 6.07) is 17.3. The van der Waals surface area contributed by atoms with Crippen LogP contribution in [0.2, 0.25) is 0 Å². The van der Waals surface area contributed by atoms with E-state index in [0.717, 1.165) is 25.8 Å². The monoisotopic (exact) mass is 417 g/mol. The molecule has 0 saturated carbocycles. The quantitative estimate of drug-likeness (QED) is 0.644. The largest absolute Gasteiger partial charge is 0.345 e. The summed E-state index contributed by atoms with van der Waals surface area (Å²) in [5, 5.41) is 0. The number of carbonyl (C=O) groups excluding carboxylic acids is 2. The van der Waals surface area contributed by atoms with Crippen LogP contribution in [0.25, 0.3) is 0 Å². The normalized spacial score (nSPS) is 17.7. The van der Waals surface area contributed by atoms with Crippen LogP contribution in [0, 0.1) is 5.92 Å². The predicted octanol–water partition coefficient (Wildman–Crippen LogP) is 3.81. The highest BCUT2D eigenvalue weighted by atomic mass is 16.2. The molecule has 31 heavy (non-hydrogen) atoms. The third-order valence-corrected chi connectivity index (χ3v) is 6.39. The van der Waals surface area contributed by atoms with Crippen molar-refractivity contribution in [1.29, 1.82) is 0 Å². The van der Waals surface area contributed by atoms with Crippen LogP contribution in [0.5, 0.6) is 0 Å². The topological polar surface area (TPSA) is 43.9 Å². The van der Waals surface area contributed by atoms with Crippen LogP contribution in [0.4, 0.5) is 11.4 Å². The third-order valence-electron chi connectivity index (χ3n) is 6.39. The zero-order chi connectivity index (χ0) is 21.8. The molecule has 5 heteroatoms. The molecule has 0 aliphatic carbocycles. The number of nitrogens with zero attached hydrogens (tertiary/aromatic N) is 3. The maximum Gasteiger partial charge on any atom is 0.227 e. The summed E-state index contributed by atoms with van der Waals surface area (Å²) in [5.41, 5.74) is 5.27. The van der Waals surface area contributed by atoms with Crippen LogP contribution in [0.15, 0.2) is 61.2 Å². The highest BCUT2D eigenvalue weighted by molar-refractivity contribution is 5.89. The average Bonchev–Trinajstić information content (AvgIpc) is 3.07. The van der Waals surface area contributed by atoms with E-state index in [0.29, 0.717) is 26.1 Å². The Hall–Kier alpha value is -3.08. The van der Waals surface area contributed by atoms with Crippen molar-refractivity contribution in [2.45, 2.75) is 25.7 Å². The molecule has 1 fully saturated rings. The van der Waals surface area contributed by atoms with Crippen molar-refractivity contribution in [3.05, 3.63) is 72.3 Å². The number of aryl methyl sites for hydroxylation is 2. The van der Waals surface area contributed by atoms with Crippen molar-refractivity contribution >= 4 is 23.2 Å². The number of likely N-dealkylation sites (tertiary alicyclic amines) is 1. The van der Waals surface area contributed by atoms with Crippen LogP contribution in [-0.4, -0.2) is 54.8 Å². The molecule has 162 valence electrons. The van der Waals surface area contributed by atoms with Gasteiger partial charge in [-0.05, 0) is 42.5 Å². The molecule has 4 rings (SSSR count). The zero-order valence-electron chi connectivity index (χ0n) is 18.3. The molecule has 2 heterocycles. The number of amides is 2. The predicted molar refractivity (Wildman–Crippen MR) is 124 cm³/mol. The first-order chi connectivity index (χ1) is 15.1. The second kappa shape index (κ2) is 9.38. The van der Waals surface area contributed by atoms with Crippen LogP contribution >= 0.6 is 0 Å². The van der Waals surface area contributed by atoms with Gasteiger partial charge in [0.1, 0.15) is 0 Å². The number of fused-ring (bicyclic) bond motifs is 2. The lowest BCUT2D eigenvalue weighted by Gasteiger charge is -2.28. The number of benzene rings is 2. The number of carbonyl (C=O) groups is 2. The molecule has 2 aromatic rings. The van der Waals surface area contributed by atoms with Gasteiger partial charge in [0.25, 0.3) is 0 Å². The van der Waals surface area contributed by atoms with Crippen molar-refractivity contribution in [2.24, 2.45) is 5.92 Å². The summed E-state index contributed by atoms with van der Waals surface area (Å²) < 4.78 is 0. The van der Waals surface area contributed by atoms with Crippen LogP contribution in [-0.2, 0) is 22.4 Å². The Balaban J connectivity index is 1.41. The zero-order valence-corrected chi connectivity index (χ0v) is 18.3. The Kier molecular flexibility index (Phi) is 6.40. The summed E-state index contributed by atoms with van der Waals surface area (Å²) in [7, 11) is 1.85. The molecule has 2 aromatic carbocycles. The van der Waals surface area contributed by atoms with Gasteiger partial charge in [-0.25, -0.2) is 0 Å². The van der Waals surface area contributed by atoms with E-state index in [-0.39, 0.29) is 17.7 Å². The van der Waals surface area contributed by atoms with Gasteiger partial charge in [0, 0.05) is 51.0 Å². The van der Waals surface area contributed by atoms with E-state index in [1.807, 2.05) is 7.05 Å². The molecular formula is C26H31N3O2. The minimum Gasteiger partial charge on any atom is -0.345 e. The molecule has 0 aromatic heterocycles. The Bertz CT molecular complexity index is 923. The Labute approximate surface area is 184 Å². The van der Waals surface area contributed by atoms with Gasteiger partial charge in [0.2, 0.25) is 11.8 Å². The van der Waals surface area contributed by atoms with Crippen molar-refractivity contribution in [2.75, 3.05) is 38.1 Å². The van der Waals surface area contributed by atoms with E-state index in [2.05, 4.69) is 60.0 Å². The minimum atomic E-state index is -0.239. The fraction of sp³-hybridized carbons (Fsp3) is 0.385. The summed E-state index contributed by atoms with van der Waals surface area (Å²) in [6.07, 6.45) is 4.97. The van der Waals surface area contributed by atoms with Gasteiger partial charge in [0.15, 0.2) is 0 Å². The molecule has 0 N–H and O–H groups in total. The second-order valence-electron chi connectivity index (χ2n) is 8.51. The number of para-hydroxylation sites is 2. The summed E-state index contributed by atoms with van der Waals surface area (Å²) in [4.78, 5) is 30.9. The molecular weight excluding hydrogens is 386 g/mol. The number of anilines is 2. The summed E-state index contributed by atoms with van der Waals surface area (Å²) >= 11 is 0. The molecule has 0 spiro atoms. The van der Waals surface area contributed by atoms with Crippen molar-refractivity contribution in [3.8, 4) is 0 Å². The lowest BCUT2D eigenvalue weighted by molar-refractivity contribution is -0.134. The average molecular weight is 418 g/mol. The smallest absolute Gasteiger partial charge is 0.227 e. The van der Waals surface area contributed by atoms with Gasteiger partial charge in [-0.1, -0.05) is 42.5 Å². The maximum absolute atomic E-state index is 12.9. The molecule has 1 saturated heterocycles. The Morgan fingerprint density at radius 1 is 1.10 bits per heavy atom. The van der Waals surface area contributed by atoms with E-state index >= 15 is 0 Å². The molecule has 2 aliphatic heterocycles. The van der Waals surface area contributed by atoms with E-state index in [9.17, 15) is 9.59 Å². The standard InChI is InChI=1S/C26H31N3O2/c1-3-15-28-19-22(18-25(28)30)26(31)27(2)16-8-17-29-23-11-6-4-9-20(23)13-14-21-10-5-7-12-24(21)29/h3-7,9-12,22H,1,8,13-19H2,2H3. The van der Waals surface area contributed by atoms with Gasteiger partial charge in [-0.15, -0.1) is 6.58 Å². The third kappa shape index (κ3) is 4.50. The molecule has 5 nitrogen and oxygen atoms in total. The molecule has 0 radical (unpaired) electrons. The Morgan fingerprint density at radius 2 is 1.71 bits per heavy atom. The number of hydrogen-bond donors (Lipinski definition) is 0. The first-order valence-corrected chi connectivity index (χ1v) is 11.2. The van der Waals surface area contributed by atoms with Crippen molar-refractivity contribution < 1.29 is 9.59 Å². The lowest BCUT2D eigenvalue weighted by atomic mass is 10.0. The van der Waals surface area contributed by atoms with Gasteiger partial charge < -0.3 is 14.7 Å². The first-order valence-electron chi connectivity index (χ1n) is 11.2. The van der Waals surface area contributed by atoms with Crippen molar-refractivity contribution in [1.82, 2.24) is 9.80 Å². The van der Waals surface area contributed by atoms with Gasteiger partial charge in [0.05, 0.1) is 5.92 Å². The molecule has 2 aliphatic rings. The fourth-order valence-electron chi connectivity index (χ4n) is 4.77. The van der Waals surface area contributed by atoms with Gasteiger partial charge in [-0.3, -0.25) is 9.59 Å². The minimum absolute atomic E-state index is 0.0458. The first kappa shape index (κ1) is 21.2. The van der Waals surface area contributed by atoms with E-state index in [4.69, 9.17) is 0 Å². The maximum atomic E-state index is 12.9. The van der Waals surface area contributed by atoms with Crippen LogP contribution in [0.3, 0.4) is 0 Å². The highest BCUT2D eigenvalue weighted by Crippen LogP contribution is 2.35. The number of rotatable bonds is 7. The van der Waals surface area contributed by atoms with E-state index in [1.54, 1.807) is 15.9 Å². The summed E-state index contributed by atoms with van der Waals surface area (Å²) in [5.74, 6) is -0.127. The van der Waals surface area contributed by atoms with E-state index < -0.39 is 0 Å². The van der Waals surface area contributed by atoms with Crippen molar-refractivity contribution in [3.63, 3.8) is 0 Å². The second-order valence-corrected chi connectivity index (χ2v) is 8.51. The van der Waals surface area contributed by atoms with Gasteiger partial charge >= 0.3 is 0 Å². The SMILES string of the molecule is C=CCN1CC(C(=O)N(C)CCCN2c3ccccc3CCc3ccccc32)CC1=O. The lowest BCUT2D eigenvalue weighted by Crippen LogP contribution is -2.36. The van der Waals surface area contributed by atoms with Gasteiger partial charge in [-0.2, -0.15) is 0 Å². The summed E-state index contributed by atoms with van der Waals surface area (Å²) in [6.45, 7) is 6.23. The van der Waals surface area contributed by atoms with Crippen LogP contribution in [0.1, 0.15) is 24.0 Å².